The van der Waals surface area contributed by atoms with Gasteiger partial charge in [0, 0.05) is 37.3 Å². The van der Waals surface area contributed by atoms with Crippen LogP contribution in [0.15, 0.2) is 60.7 Å². The highest BCUT2D eigenvalue weighted by atomic mass is 35.5. The number of ether oxygens (including phenoxy) is 1. The number of methoxy groups -OCH3 is 1. The molecule has 7 nitrogen and oxygen atoms in total. The maximum atomic E-state index is 13.0. The molecule has 1 saturated heterocycles. The minimum atomic E-state index is -0.247. The van der Waals surface area contributed by atoms with Crippen molar-refractivity contribution in [3.63, 3.8) is 0 Å². The number of amides is 2. The molecule has 0 radical (unpaired) electrons. The molecule has 4 rings (SSSR count). The summed E-state index contributed by atoms with van der Waals surface area (Å²) in [5.41, 5.74) is 2.86. The highest BCUT2D eigenvalue weighted by Crippen LogP contribution is 2.29. The zero-order valence-electron chi connectivity index (χ0n) is 19.8. The monoisotopic (exact) mass is 481 g/mol. The van der Waals surface area contributed by atoms with E-state index in [1.165, 1.54) is 0 Å². The first kappa shape index (κ1) is 24.3. The molecule has 2 aromatic carbocycles. The van der Waals surface area contributed by atoms with Gasteiger partial charge >= 0.3 is 6.03 Å². The molecule has 0 saturated carbocycles. The Labute approximate surface area is 205 Å². The Morgan fingerprint density at radius 3 is 2.68 bits per heavy atom. The normalized spacial score (nSPS) is 18.7. The number of rotatable bonds is 8. The Bertz CT molecular complexity index is 1100. The number of carbonyl (C=O) groups excluding carboxylic acids is 1. The fourth-order valence-corrected chi connectivity index (χ4v) is 4.56. The molecule has 8 heteroatoms. The van der Waals surface area contributed by atoms with Crippen LogP contribution in [0.2, 0.25) is 5.02 Å². The van der Waals surface area contributed by atoms with Gasteiger partial charge in [-0.3, -0.25) is 5.32 Å². The predicted octanol–water partition coefficient (Wildman–Crippen LogP) is 5.14. The molecule has 2 heterocycles. The van der Waals surface area contributed by atoms with Gasteiger partial charge in [-0.15, -0.1) is 0 Å². The van der Waals surface area contributed by atoms with E-state index in [4.69, 9.17) is 21.4 Å². The quantitative estimate of drug-likeness (QED) is 0.416. The molecule has 3 unspecified atom stereocenters. The third kappa shape index (κ3) is 5.78. The van der Waals surface area contributed by atoms with Crippen molar-refractivity contribution in [1.82, 2.24) is 20.4 Å². The third-order valence-electron chi connectivity index (χ3n) is 6.24. The van der Waals surface area contributed by atoms with Crippen molar-refractivity contribution >= 4 is 23.4 Å². The van der Waals surface area contributed by atoms with Crippen molar-refractivity contribution in [3.05, 3.63) is 76.9 Å². The number of nitrogens with one attached hydrogen (secondary N) is 3. The molecule has 1 aromatic heterocycles. The average Bonchev–Trinajstić information content (AvgIpc) is 3.45. The summed E-state index contributed by atoms with van der Waals surface area (Å²) in [5.74, 6) is 1.11. The lowest BCUT2D eigenvalue weighted by molar-refractivity contribution is 0.0792. The molecule has 3 atom stereocenters. The van der Waals surface area contributed by atoms with Gasteiger partial charge in [0.2, 0.25) is 0 Å². The summed E-state index contributed by atoms with van der Waals surface area (Å²) in [5, 5.41) is 15.0. The lowest BCUT2D eigenvalue weighted by atomic mass is 9.93. The number of urea groups is 1. The van der Waals surface area contributed by atoms with Crippen LogP contribution in [0.25, 0.3) is 5.69 Å². The summed E-state index contributed by atoms with van der Waals surface area (Å²) >= 11 is 6.17. The molecule has 1 aliphatic heterocycles. The lowest BCUT2D eigenvalue weighted by Gasteiger charge is -2.25. The maximum Gasteiger partial charge on any atom is 0.320 e. The number of halogens is 1. The molecular formula is C26H32ClN5O2. The van der Waals surface area contributed by atoms with E-state index in [2.05, 4.69) is 29.8 Å². The van der Waals surface area contributed by atoms with E-state index in [1.807, 2.05) is 60.7 Å². The van der Waals surface area contributed by atoms with Crippen molar-refractivity contribution in [2.75, 3.05) is 25.5 Å². The number of hydrogen-bond donors (Lipinski definition) is 3. The maximum absolute atomic E-state index is 13.0. The molecule has 0 spiro atoms. The SMILES string of the molecule is COC(CC1CNCC1NC(=O)Nc1cc(C(C)C)nn1-c1ccccc1)c1cccc(Cl)c1. The second-order valence-electron chi connectivity index (χ2n) is 8.99. The predicted molar refractivity (Wildman–Crippen MR) is 136 cm³/mol. The fraction of sp³-hybridized carbons (Fsp3) is 0.385. The number of aromatic nitrogens is 2. The van der Waals surface area contributed by atoms with Gasteiger partial charge in [0.15, 0.2) is 0 Å². The minimum absolute atomic E-state index is 0.0190. The van der Waals surface area contributed by atoms with E-state index in [-0.39, 0.29) is 30.0 Å². The first-order valence-corrected chi connectivity index (χ1v) is 12.0. The molecule has 1 aliphatic rings. The zero-order valence-corrected chi connectivity index (χ0v) is 20.5. The second kappa shape index (κ2) is 11.0. The van der Waals surface area contributed by atoms with E-state index < -0.39 is 0 Å². The van der Waals surface area contributed by atoms with Crippen molar-refractivity contribution in [2.45, 2.75) is 38.3 Å². The van der Waals surface area contributed by atoms with Gasteiger partial charge in [-0.05, 0) is 48.1 Å². The van der Waals surface area contributed by atoms with Crippen LogP contribution in [0.5, 0.6) is 0 Å². The van der Waals surface area contributed by atoms with Crippen LogP contribution < -0.4 is 16.0 Å². The Hall–Kier alpha value is -2.87. The number of para-hydroxylation sites is 1. The van der Waals surface area contributed by atoms with E-state index in [0.29, 0.717) is 17.4 Å². The lowest BCUT2D eigenvalue weighted by Crippen LogP contribution is -2.43. The summed E-state index contributed by atoms with van der Waals surface area (Å²) in [7, 11) is 1.71. The van der Waals surface area contributed by atoms with E-state index >= 15 is 0 Å². The van der Waals surface area contributed by atoms with Gasteiger partial charge < -0.3 is 15.4 Å². The van der Waals surface area contributed by atoms with Crippen LogP contribution in [-0.2, 0) is 4.74 Å². The Balaban J connectivity index is 1.44. The Morgan fingerprint density at radius 1 is 1.18 bits per heavy atom. The van der Waals surface area contributed by atoms with Gasteiger partial charge in [0.25, 0.3) is 0 Å². The summed E-state index contributed by atoms with van der Waals surface area (Å²) in [6, 6.07) is 19.2. The first-order valence-electron chi connectivity index (χ1n) is 11.7. The molecule has 1 fully saturated rings. The average molecular weight is 482 g/mol. The third-order valence-corrected chi connectivity index (χ3v) is 6.48. The Kier molecular flexibility index (Phi) is 7.88. The minimum Gasteiger partial charge on any atom is -0.377 e. The molecule has 180 valence electrons. The summed E-state index contributed by atoms with van der Waals surface area (Å²) in [6.07, 6.45) is 0.679. The van der Waals surface area contributed by atoms with E-state index in [9.17, 15) is 4.79 Å². The van der Waals surface area contributed by atoms with Gasteiger partial charge in [-0.25, -0.2) is 9.48 Å². The van der Waals surface area contributed by atoms with Gasteiger partial charge in [0.05, 0.1) is 17.5 Å². The molecule has 34 heavy (non-hydrogen) atoms. The number of carbonyl (C=O) groups is 1. The van der Waals surface area contributed by atoms with Crippen molar-refractivity contribution < 1.29 is 9.53 Å². The van der Waals surface area contributed by atoms with Gasteiger partial charge in [-0.1, -0.05) is 55.8 Å². The fourth-order valence-electron chi connectivity index (χ4n) is 4.36. The zero-order chi connectivity index (χ0) is 24.1. The molecule has 2 amide bonds. The number of hydrogen-bond acceptors (Lipinski definition) is 4. The molecule has 3 N–H and O–H groups in total. The number of nitrogens with zero attached hydrogens (tertiary/aromatic N) is 2. The number of anilines is 1. The van der Waals surface area contributed by atoms with Crippen LogP contribution in [0, 0.1) is 5.92 Å². The van der Waals surface area contributed by atoms with Crippen molar-refractivity contribution in [2.24, 2.45) is 5.92 Å². The van der Waals surface area contributed by atoms with Crippen LogP contribution in [-0.4, -0.2) is 42.1 Å². The largest absolute Gasteiger partial charge is 0.377 e. The van der Waals surface area contributed by atoms with Crippen molar-refractivity contribution in [1.29, 1.82) is 0 Å². The van der Waals surface area contributed by atoms with Crippen LogP contribution in [0.4, 0.5) is 10.6 Å². The number of benzene rings is 2. The molecule has 0 bridgehead atoms. The van der Waals surface area contributed by atoms with Crippen LogP contribution >= 0.6 is 11.6 Å². The van der Waals surface area contributed by atoms with Crippen LogP contribution in [0.3, 0.4) is 0 Å². The first-order chi connectivity index (χ1) is 16.4. The highest BCUT2D eigenvalue weighted by Gasteiger charge is 2.31. The summed E-state index contributed by atoms with van der Waals surface area (Å²) < 4.78 is 7.54. The van der Waals surface area contributed by atoms with Crippen LogP contribution in [0.1, 0.15) is 43.5 Å². The summed E-state index contributed by atoms with van der Waals surface area (Å²) in [6.45, 7) is 5.69. The van der Waals surface area contributed by atoms with Gasteiger partial charge in [0.1, 0.15) is 5.82 Å². The standard InChI is InChI=1S/C26H32ClN5O2/c1-17(2)22-14-25(32(31-22)21-10-5-4-6-11-21)30-26(33)29-23-16-28-15-19(23)13-24(34-3)18-8-7-9-20(27)12-18/h4-12,14,17,19,23-24,28H,13,15-16H2,1-3H3,(H2,29,30,33). The molecule has 3 aromatic rings. The molecular weight excluding hydrogens is 450 g/mol. The van der Waals surface area contributed by atoms with Crippen molar-refractivity contribution in [3.8, 4) is 5.69 Å². The smallest absolute Gasteiger partial charge is 0.320 e. The van der Waals surface area contributed by atoms with E-state index in [1.54, 1.807) is 11.8 Å². The topological polar surface area (TPSA) is 80.2 Å². The Morgan fingerprint density at radius 2 is 1.97 bits per heavy atom. The summed E-state index contributed by atoms with van der Waals surface area (Å²) in [4.78, 5) is 13.0. The highest BCUT2D eigenvalue weighted by molar-refractivity contribution is 6.30. The molecule has 0 aliphatic carbocycles. The van der Waals surface area contributed by atoms with E-state index in [0.717, 1.165) is 29.9 Å². The van der Waals surface area contributed by atoms with Gasteiger partial charge in [-0.2, -0.15) is 5.10 Å². The second-order valence-corrected chi connectivity index (χ2v) is 9.43.